The molecule has 0 amide bonds. The van der Waals surface area contributed by atoms with Crippen LogP contribution in [0.4, 0.5) is 0 Å². The fourth-order valence-electron chi connectivity index (χ4n) is 2.00. The molecular weight excluding hydrogens is 210 g/mol. The molecule has 0 aliphatic carbocycles. The minimum atomic E-state index is 1.03. The van der Waals surface area contributed by atoms with E-state index in [0.717, 1.165) is 17.1 Å². The largest absolute Gasteiger partial charge is 0.315 e. The third-order valence-corrected chi connectivity index (χ3v) is 2.77. The number of aromatic nitrogens is 3. The number of hydrogen-bond donors (Lipinski definition) is 1. The predicted octanol–water partition coefficient (Wildman–Crippen LogP) is 3.18. The minimum Gasteiger partial charge on any atom is -0.315 e. The predicted molar refractivity (Wildman–Crippen MR) is 68.1 cm³/mol. The van der Waals surface area contributed by atoms with Gasteiger partial charge in [0.15, 0.2) is 0 Å². The van der Waals surface area contributed by atoms with Gasteiger partial charge >= 0.3 is 0 Å². The van der Waals surface area contributed by atoms with Gasteiger partial charge in [0.25, 0.3) is 0 Å². The van der Waals surface area contributed by atoms with Crippen LogP contribution in [-0.4, -0.2) is 14.8 Å². The second kappa shape index (κ2) is 3.94. The van der Waals surface area contributed by atoms with Crippen LogP contribution in [0.5, 0.6) is 0 Å². The van der Waals surface area contributed by atoms with Gasteiger partial charge in [0.1, 0.15) is 0 Å². The second-order valence-electron chi connectivity index (χ2n) is 4.08. The molecule has 0 aliphatic heterocycles. The number of hydrogen-bond acceptors (Lipinski definition) is 1. The standard InChI is InChI=1S/C14H13N3/c1-11-9-14(13-7-8-15-16-13)17(10-11)12-5-3-2-4-6-12/h2-10H,1H3,(H,15,16). The van der Waals surface area contributed by atoms with E-state index in [2.05, 4.69) is 46.1 Å². The van der Waals surface area contributed by atoms with Gasteiger partial charge < -0.3 is 4.57 Å². The van der Waals surface area contributed by atoms with E-state index in [-0.39, 0.29) is 0 Å². The van der Waals surface area contributed by atoms with Gasteiger partial charge in [-0.15, -0.1) is 0 Å². The van der Waals surface area contributed by atoms with Crippen molar-refractivity contribution in [1.82, 2.24) is 14.8 Å². The first-order chi connectivity index (χ1) is 8.34. The molecule has 1 N–H and O–H groups in total. The van der Waals surface area contributed by atoms with Crippen LogP contribution in [0.15, 0.2) is 54.9 Å². The highest BCUT2D eigenvalue weighted by molar-refractivity contribution is 5.60. The van der Waals surface area contributed by atoms with E-state index in [1.807, 2.05) is 24.3 Å². The zero-order chi connectivity index (χ0) is 11.7. The van der Waals surface area contributed by atoms with Crippen molar-refractivity contribution in [3.63, 3.8) is 0 Å². The minimum absolute atomic E-state index is 1.03. The van der Waals surface area contributed by atoms with E-state index in [9.17, 15) is 0 Å². The molecular formula is C14H13N3. The maximum Gasteiger partial charge on any atom is 0.0818 e. The number of aromatic amines is 1. The first-order valence-corrected chi connectivity index (χ1v) is 5.59. The molecule has 0 spiro atoms. The summed E-state index contributed by atoms with van der Waals surface area (Å²) in [5, 5.41) is 7.01. The van der Waals surface area contributed by atoms with Crippen LogP contribution in [0, 0.1) is 6.92 Å². The number of rotatable bonds is 2. The Morgan fingerprint density at radius 1 is 1.12 bits per heavy atom. The van der Waals surface area contributed by atoms with Crippen molar-refractivity contribution in [3.8, 4) is 17.1 Å². The van der Waals surface area contributed by atoms with Gasteiger partial charge in [0.2, 0.25) is 0 Å². The summed E-state index contributed by atoms with van der Waals surface area (Å²) in [6, 6.07) is 14.4. The molecule has 0 aliphatic rings. The molecule has 0 bridgehead atoms. The van der Waals surface area contributed by atoms with Crippen molar-refractivity contribution in [1.29, 1.82) is 0 Å². The Bertz CT molecular complexity index is 606. The van der Waals surface area contributed by atoms with E-state index in [4.69, 9.17) is 0 Å². The van der Waals surface area contributed by atoms with Crippen LogP contribution in [-0.2, 0) is 0 Å². The summed E-state index contributed by atoms with van der Waals surface area (Å²) in [6.45, 7) is 2.10. The molecule has 0 radical (unpaired) electrons. The van der Waals surface area contributed by atoms with Crippen LogP contribution in [0.25, 0.3) is 17.1 Å². The summed E-state index contributed by atoms with van der Waals surface area (Å²) in [4.78, 5) is 0. The van der Waals surface area contributed by atoms with E-state index >= 15 is 0 Å². The fourth-order valence-corrected chi connectivity index (χ4v) is 2.00. The summed E-state index contributed by atoms with van der Waals surface area (Å²) >= 11 is 0. The lowest BCUT2D eigenvalue weighted by atomic mass is 10.2. The van der Waals surface area contributed by atoms with Gasteiger partial charge in [-0.1, -0.05) is 18.2 Å². The van der Waals surface area contributed by atoms with E-state index in [1.54, 1.807) is 6.20 Å². The monoisotopic (exact) mass is 223 g/mol. The maximum atomic E-state index is 4.00. The Kier molecular flexibility index (Phi) is 2.29. The van der Waals surface area contributed by atoms with Gasteiger partial charge in [-0.05, 0) is 36.8 Å². The summed E-state index contributed by atoms with van der Waals surface area (Å²) in [5.41, 5.74) is 4.55. The van der Waals surface area contributed by atoms with Crippen LogP contribution < -0.4 is 0 Å². The highest BCUT2D eigenvalue weighted by Gasteiger charge is 2.08. The summed E-state index contributed by atoms with van der Waals surface area (Å²) in [6.07, 6.45) is 3.90. The summed E-state index contributed by atoms with van der Waals surface area (Å²) < 4.78 is 2.17. The first kappa shape index (κ1) is 9.90. The Hall–Kier alpha value is -2.29. The molecule has 1 aromatic carbocycles. The van der Waals surface area contributed by atoms with Crippen molar-refractivity contribution in [2.45, 2.75) is 6.92 Å². The lowest BCUT2D eigenvalue weighted by Gasteiger charge is -2.07. The van der Waals surface area contributed by atoms with Crippen molar-refractivity contribution in [2.75, 3.05) is 0 Å². The smallest absolute Gasteiger partial charge is 0.0818 e. The van der Waals surface area contributed by atoms with Crippen molar-refractivity contribution in [3.05, 3.63) is 60.4 Å². The Labute approximate surface area is 99.7 Å². The molecule has 0 atom stereocenters. The molecule has 17 heavy (non-hydrogen) atoms. The van der Waals surface area contributed by atoms with Crippen LogP contribution >= 0.6 is 0 Å². The van der Waals surface area contributed by atoms with Crippen molar-refractivity contribution >= 4 is 0 Å². The normalized spacial score (nSPS) is 10.6. The van der Waals surface area contributed by atoms with Gasteiger partial charge in [-0.3, -0.25) is 5.10 Å². The van der Waals surface area contributed by atoms with Crippen molar-refractivity contribution in [2.24, 2.45) is 0 Å². The summed E-state index contributed by atoms with van der Waals surface area (Å²) in [7, 11) is 0. The Balaban J connectivity index is 2.18. The highest BCUT2D eigenvalue weighted by atomic mass is 15.1. The highest BCUT2D eigenvalue weighted by Crippen LogP contribution is 2.23. The molecule has 0 fully saturated rings. The topological polar surface area (TPSA) is 33.6 Å². The lowest BCUT2D eigenvalue weighted by Crippen LogP contribution is -1.94. The molecule has 2 aromatic heterocycles. The molecule has 3 nitrogen and oxygen atoms in total. The Morgan fingerprint density at radius 3 is 2.65 bits per heavy atom. The summed E-state index contributed by atoms with van der Waals surface area (Å²) in [5.74, 6) is 0. The van der Waals surface area contributed by atoms with Crippen molar-refractivity contribution < 1.29 is 0 Å². The molecule has 0 unspecified atom stereocenters. The molecule has 2 heterocycles. The van der Waals surface area contributed by atoms with Crippen LogP contribution in [0.2, 0.25) is 0 Å². The first-order valence-electron chi connectivity index (χ1n) is 5.59. The number of nitrogens with one attached hydrogen (secondary N) is 1. The third kappa shape index (κ3) is 1.76. The van der Waals surface area contributed by atoms with Gasteiger partial charge in [0, 0.05) is 18.1 Å². The van der Waals surface area contributed by atoms with Gasteiger partial charge in [-0.25, -0.2) is 0 Å². The quantitative estimate of drug-likeness (QED) is 0.711. The van der Waals surface area contributed by atoms with Crippen LogP contribution in [0.1, 0.15) is 5.56 Å². The lowest BCUT2D eigenvalue weighted by molar-refractivity contribution is 1.04. The number of benzene rings is 1. The number of para-hydroxylation sites is 1. The maximum absolute atomic E-state index is 4.00. The third-order valence-electron chi connectivity index (χ3n) is 2.77. The molecule has 0 saturated heterocycles. The SMILES string of the molecule is Cc1cc(-c2ccn[nH]2)n(-c2ccccc2)c1. The van der Waals surface area contributed by atoms with E-state index < -0.39 is 0 Å². The van der Waals surface area contributed by atoms with E-state index in [0.29, 0.717) is 0 Å². The number of H-pyrrole nitrogens is 1. The zero-order valence-corrected chi connectivity index (χ0v) is 9.59. The average Bonchev–Trinajstić information content (AvgIpc) is 2.98. The molecule has 3 rings (SSSR count). The Morgan fingerprint density at radius 2 is 1.94 bits per heavy atom. The van der Waals surface area contributed by atoms with Gasteiger partial charge in [-0.2, -0.15) is 5.10 Å². The van der Waals surface area contributed by atoms with Gasteiger partial charge in [0.05, 0.1) is 11.4 Å². The number of nitrogens with zero attached hydrogens (tertiary/aromatic N) is 2. The molecule has 0 saturated carbocycles. The number of aryl methyl sites for hydroxylation is 1. The fraction of sp³-hybridized carbons (Fsp3) is 0.0714. The molecule has 3 aromatic rings. The van der Waals surface area contributed by atoms with E-state index in [1.165, 1.54) is 5.56 Å². The molecule has 3 heteroatoms. The second-order valence-corrected chi connectivity index (χ2v) is 4.08. The van der Waals surface area contributed by atoms with Crippen LogP contribution in [0.3, 0.4) is 0 Å². The average molecular weight is 223 g/mol. The zero-order valence-electron chi connectivity index (χ0n) is 9.59. The molecule has 84 valence electrons.